The highest BCUT2D eigenvalue weighted by Crippen LogP contribution is 2.33. The van der Waals surface area contributed by atoms with Crippen LogP contribution >= 0.6 is 0 Å². The molecule has 0 aromatic rings. The Bertz CT molecular complexity index is 172. The molecular formula is C9H16O2. The highest BCUT2D eigenvalue weighted by atomic mass is 16.6. The minimum Gasteiger partial charge on any atom is -0.365 e. The van der Waals surface area contributed by atoms with Crippen molar-refractivity contribution in [3.63, 3.8) is 0 Å². The summed E-state index contributed by atoms with van der Waals surface area (Å²) in [5, 5.41) is 9.55. The van der Waals surface area contributed by atoms with Gasteiger partial charge in [-0.2, -0.15) is 0 Å². The predicted octanol–water partition coefficient (Wildman–Crippen LogP) is 1.70. The summed E-state index contributed by atoms with van der Waals surface area (Å²) in [5.41, 5.74) is 1.08. The van der Waals surface area contributed by atoms with Crippen LogP contribution in [-0.4, -0.2) is 17.0 Å². The standard InChI is InChI=1S/C9H16O2/c1-6-5-9(4,10)11-8(3)7(6)2/h7-8,10H,1,5H2,2-4H3. The van der Waals surface area contributed by atoms with Crippen molar-refractivity contribution in [3.05, 3.63) is 12.2 Å². The van der Waals surface area contributed by atoms with Crippen molar-refractivity contribution >= 4 is 0 Å². The van der Waals surface area contributed by atoms with Crippen LogP contribution in [0.25, 0.3) is 0 Å². The van der Waals surface area contributed by atoms with E-state index in [-0.39, 0.29) is 6.10 Å². The zero-order valence-electron chi connectivity index (χ0n) is 7.42. The van der Waals surface area contributed by atoms with Crippen molar-refractivity contribution in [1.29, 1.82) is 0 Å². The minimum atomic E-state index is -0.997. The Labute approximate surface area is 67.9 Å². The molecule has 1 aliphatic heterocycles. The summed E-state index contributed by atoms with van der Waals surface area (Å²) in [4.78, 5) is 0. The molecule has 0 aromatic carbocycles. The highest BCUT2D eigenvalue weighted by Gasteiger charge is 2.34. The van der Waals surface area contributed by atoms with E-state index < -0.39 is 5.79 Å². The van der Waals surface area contributed by atoms with Crippen LogP contribution in [0.3, 0.4) is 0 Å². The first-order chi connectivity index (χ1) is 4.92. The van der Waals surface area contributed by atoms with Crippen molar-refractivity contribution in [2.24, 2.45) is 5.92 Å². The van der Waals surface area contributed by atoms with E-state index in [4.69, 9.17) is 4.74 Å². The molecule has 0 amide bonds. The number of hydrogen-bond donors (Lipinski definition) is 1. The van der Waals surface area contributed by atoms with Gasteiger partial charge in [-0.05, 0) is 13.8 Å². The van der Waals surface area contributed by atoms with Gasteiger partial charge in [0.2, 0.25) is 0 Å². The summed E-state index contributed by atoms with van der Waals surface area (Å²) in [6, 6.07) is 0. The molecule has 0 radical (unpaired) electrons. The molecule has 1 saturated heterocycles. The lowest BCUT2D eigenvalue weighted by Crippen LogP contribution is -2.41. The third-order valence-electron chi connectivity index (χ3n) is 2.34. The molecule has 2 heteroatoms. The van der Waals surface area contributed by atoms with Gasteiger partial charge in [-0.3, -0.25) is 0 Å². The fourth-order valence-electron chi connectivity index (χ4n) is 1.46. The van der Waals surface area contributed by atoms with Crippen LogP contribution in [0.5, 0.6) is 0 Å². The number of ether oxygens (including phenoxy) is 1. The van der Waals surface area contributed by atoms with Crippen molar-refractivity contribution in [2.45, 2.75) is 39.1 Å². The molecule has 1 rings (SSSR count). The van der Waals surface area contributed by atoms with Crippen LogP contribution in [0.1, 0.15) is 27.2 Å². The van der Waals surface area contributed by atoms with E-state index in [2.05, 4.69) is 13.5 Å². The summed E-state index contributed by atoms with van der Waals surface area (Å²) < 4.78 is 5.35. The first kappa shape index (κ1) is 8.75. The number of aliphatic hydroxyl groups is 1. The lowest BCUT2D eigenvalue weighted by atomic mass is 9.89. The average Bonchev–Trinajstić information content (AvgIpc) is 1.81. The molecular weight excluding hydrogens is 140 g/mol. The van der Waals surface area contributed by atoms with Crippen LogP contribution < -0.4 is 0 Å². The first-order valence-corrected chi connectivity index (χ1v) is 4.00. The van der Waals surface area contributed by atoms with Gasteiger partial charge in [-0.1, -0.05) is 19.1 Å². The van der Waals surface area contributed by atoms with Gasteiger partial charge in [-0.15, -0.1) is 0 Å². The van der Waals surface area contributed by atoms with E-state index in [1.165, 1.54) is 0 Å². The Morgan fingerprint density at radius 1 is 1.64 bits per heavy atom. The third kappa shape index (κ3) is 1.82. The van der Waals surface area contributed by atoms with Gasteiger partial charge in [0.1, 0.15) is 0 Å². The van der Waals surface area contributed by atoms with Gasteiger partial charge in [0.05, 0.1) is 6.10 Å². The molecule has 0 bridgehead atoms. The van der Waals surface area contributed by atoms with E-state index in [1.54, 1.807) is 6.92 Å². The summed E-state index contributed by atoms with van der Waals surface area (Å²) in [7, 11) is 0. The third-order valence-corrected chi connectivity index (χ3v) is 2.34. The lowest BCUT2D eigenvalue weighted by molar-refractivity contribution is -0.235. The Hall–Kier alpha value is -0.340. The molecule has 1 heterocycles. The molecule has 0 aliphatic carbocycles. The molecule has 1 N–H and O–H groups in total. The molecule has 0 spiro atoms. The van der Waals surface area contributed by atoms with Gasteiger partial charge in [0.15, 0.2) is 5.79 Å². The van der Waals surface area contributed by atoms with Crippen molar-refractivity contribution in [3.8, 4) is 0 Å². The maximum absolute atomic E-state index is 9.55. The van der Waals surface area contributed by atoms with Crippen LogP contribution in [0.4, 0.5) is 0 Å². The van der Waals surface area contributed by atoms with E-state index >= 15 is 0 Å². The zero-order chi connectivity index (χ0) is 8.65. The molecule has 3 unspecified atom stereocenters. The Balaban J connectivity index is 2.70. The number of hydrogen-bond acceptors (Lipinski definition) is 2. The predicted molar refractivity (Wildman–Crippen MR) is 44.1 cm³/mol. The quantitative estimate of drug-likeness (QED) is 0.541. The smallest absolute Gasteiger partial charge is 0.166 e. The first-order valence-electron chi connectivity index (χ1n) is 4.00. The summed E-state index contributed by atoms with van der Waals surface area (Å²) >= 11 is 0. The highest BCUT2D eigenvalue weighted by molar-refractivity contribution is 5.07. The van der Waals surface area contributed by atoms with Gasteiger partial charge in [-0.25, -0.2) is 0 Å². The van der Waals surface area contributed by atoms with Crippen molar-refractivity contribution < 1.29 is 9.84 Å². The lowest BCUT2D eigenvalue weighted by Gasteiger charge is -2.38. The Kier molecular flexibility index (Phi) is 2.08. The largest absolute Gasteiger partial charge is 0.365 e. The molecule has 1 aliphatic rings. The minimum absolute atomic E-state index is 0.0752. The fraction of sp³-hybridized carbons (Fsp3) is 0.778. The second-order valence-corrected chi connectivity index (χ2v) is 3.62. The van der Waals surface area contributed by atoms with Crippen LogP contribution in [0.2, 0.25) is 0 Å². The monoisotopic (exact) mass is 156 g/mol. The van der Waals surface area contributed by atoms with Crippen molar-refractivity contribution in [1.82, 2.24) is 0 Å². The Morgan fingerprint density at radius 3 is 2.64 bits per heavy atom. The average molecular weight is 156 g/mol. The SMILES string of the molecule is C=C1CC(C)(O)OC(C)C1C. The van der Waals surface area contributed by atoms with Crippen LogP contribution in [0.15, 0.2) is 12.2 Å². The van der Waals surface area contributed by atoms with Gasteiger partial charge >= 0.3 is 0 Å². The maximum Gasteiger partial charge on any atom is 0.166 e. The van der Waals surface area contributed by atoms with E-state index in [0.29, 0.717) is 12.3 Å². The van der Waals surface area contributed by atoms with Gasteiger partial charge < -0.3 is 9.84 Å². The Morgan fingerprint density at radius 2 is 2.18 bits per heavy atom. The molecule has 2 nitrogen and oxygen atoms in total. The molecule has 3 atom stereocenters. The van der Waals surface area contributed by atoms with Gasteiger partial charge in [0, 0.05) is 12.3 Å². The summed E-state index contributed by atoms with van der Waals surface area (Å²) in [6.45, 7) is 9.62. The zero-order valence-corrected chi connectivity index (χ0v) is 7.42. The van der Waals surface area contributed by atoms with E-state index in [1.807, 2.05) is 6.92 Å². The van der Waals surface area contributed by atoms with E-state index in [9.17, 15) is 5.11 Å². The molecule has 0 saturated carbocycles. The number of rotatable bonds is 0. The summed E-state index contributed by atoms with van der Waals surface area (Å²) in [6.07, 6.45) is 0.629. The normalized spacial score (nSPS) is 46.0. The summed E-state index contributed by atoms with van der Waals surface area (Å²) in [5.74, 6) is -0.640. The second kappa shape index (κ2) is 2.61. The maximum atomic E-state index is 9.55. The molecule has 1 fully saturated rings. The molecule has 0 aromatic heterocycles. The van der Waals surface area contributed by atoms with Crippen LogP contribution in [-0.2, 0) is 4.74 Å². The van der Waals surface area contributed by atoms with Crippen molar-refractivity contribution in [2.75, 3.05) is 0 Å². The fourth-order valence-corrected chi connectivity index (χ4v) is 1.46. The molecule has 64 valence electrons. The molecule has 11 heavy (non-hydrogen) atoms. The van der Waals surface area contributed by atoms with E-state index in [0.717, 1.165) is 5.57 Å². The van der Waals surface area contributed by atoms with Gasteiger partial charge in [0.25, 0.3) is 0 Å². The van der Waals surface area contributed by atoms with Crippen LogP contribution in [0, 0.1) is 5.92 Å². The second-order valence-electron chi connectivity index (χ2n) is 3.62. The topological polar surface area (TPSA) is 29.5 Å².